The molecule has 0 aliphatic rings. The van der Waals surface area contributed by atoms with Crippen LogP contribution in [0.2, 0.25) is 18.1 Å². The second-order valence-corrected chi connectivity index (χ2v) is 20.2. The van der Waals surface area contributed by atoms with Crippen LogP contribution in [0.5, 0.6) is 0 Å². The lowest BCUT2D eigenvalue weighted by Gasteiger charge is -2.25. The van der Waals surface area contributed by atoms with Crippen molar-refractivity contribution in [2.75, 3.05) is 0 Å². The van der Waals surface area contributed by atoms with Gasteiger partial charge in [-0.3, -0.25) is 0 Å². The molecule has 0 aromatic rings. The van der Waals surface area contributed by atoms with E-state index in [1.165, 1.54) is 269 Å². The van der Waals surface area contributed by atoms with E-state index in [9.17, 15) is 4.80 Å². The molecular weight excluding hydrogens is 585 g/mol. The molecule has 1 N–H and O–H groups in total. The SMILES string of the molecule is CCCCCCCCCCCCCCC[Si](O)(CCCCCCCCCCCCCCC)CCCCCCCCCCCCCCC. The van der Waals surface area contributed by atoms with E-state index < -0.39 is 8.32 Å². The largest absolute Gasteiger partial charge is 0.432 e. The van der Waals surface area contributed by atoms with Crippen LogP contribution in [0, 0.1) is 0 Å². The smallest absolute Gasteiger partial charge is 0.188 e. The Bertz CT molecular complexity index is 474. The van der Waals surface area contributed by atoms with Gasteiger partial charge in [-0.2, -0.15) is 0 Å². The van der Waals surface area contributed by atoms with Gasteiger partial charge in [0, 0.05) is 0 Å². The molecule has 0 radical (unpaired) electrons. The minimum Gasteiger partial charge on any atom is -0.432 e. The van der Waals surface area contributed by atoms with Gasteiger partial charge >= 0.3 is 0 Å². The zero-order valence-corrected chi connectivity index (χ0v) is 34.6. The van der Waals surface area contributed by atoms with E-state index in [2.05, 4.69) is 20.8 Å². The van der Waals surface area contributed by atoms with Crippen LogP contribution in [-0.2, 0) is 0 Å². The summed E-state index contributed by atoms with van der Waals surface area (Å²) in [7, 11) is -2.05. The highest BCUT2D eigenvalue weighted by atomic mass is 28.4. The van der Waals surface area contributed by atoms with E-state index in [-0.39, 0.29) is 0 Å². The Kier molecular flexibility index (Phi) is 40.8. The van der Waals surface area contributed by atoms with Crippen LogP contribution in [0.25, 0.3) is 0 Å². The Balaban J connectivity index is 4.07. The van der Waals surface area contributed by atoms with Crippen molar-refractivity contribution in [3.8, 4) is 0 Å². The summed E-state index contributed by atoms with van der Waals surface area (Å²) in [6.45, 7) is 6.93. The topological polar surface area (TPSA) is 20.2 Å². The zero-order chi connectivity index (χ0) is 34.2. The van der Waals surface area contributed by atoms with Gasteiger partial charge in [0.1, 0.15) is 0 Å². The molecule has 0 bridgehead atoms. The maximum absolute atomic E-state index is 11.9. The highest BCUT2D eigenvalue weighted by Gasteiger charge is 2.29. The van der Waals surface area contributed by atoms with E-state index in [0.717, 1.165) is 0 Å². The Morgan fingerprint density at radius 1 is 0.213 bits per heavy atom. The molecule has 284 valence electrons. The third-order valence-corrected chi connectivity index (χ3v) is 15.1. The molecule has 0 amide bonds. The molecule has 0 aromatic carbocycles. The van der Waals surface area contributed by atoms with Crippen LogP contribution < -0.4 is 0 Å². The Morgan fingerprint density at radius 2 is 0.340 bits per heavy atom. The van der Waals surface area contributed by atoms with Crippen molar-refractivity contribution in [2.24, 2.45) is 0 Å². The van der Waals surface area contributed by atoms with Crippen LogP contribution in [0.15, 0.2) is 0 Å². The summed E-state index contributed by atoms with van der Waals surface area (Å²) in [5, 5.41) is 0. The minimum atomic E-state index is -2.05. The van der Waals surface area contributed by atoms with Crippen molar-refractivity contribution in [3.63, 3.8) is 0 Å². The lowest BCUT2D eigenvalue weighted by atomic mass is 10.0. The first-order valence-corrected chi connectivity index (χ1v) is 25.5. The molecule has 1 nitrogen and oxygen atoms in total. The summed E-state index contributed by atoms with van der Waals surface area (Å²) in [5.74, 6) is 0. The van der Waals surface area contributed by atoms with Gasteiger partial charge in [0.25, 0.3) is 0 Å². The number of hydrogen-bond acceptors (Lipinski definition) is 1. The lowest BCUT2D eigenvalue weighted by molar-refractivity contribution is 0.491. The zero-order valence-electron chi connectivity index (χ0n) is 33.6. The second-order valence-electron chi connectivity index (χ2n) is 16.2. The summed E-state index contributed by atoms with van der Waals surface area (Å²) in [4.78, 5) is 11.9. The van der Waals surface area contributed by atoms with Crippen molar-refractivity contribution >= 4 is 8.32 Å². The molecule has 0 spiro atoms. The van der Waals surface area contributed by atoms with Crippen LogP contribution in [0.1, 0.15) is 271 Å². The average molecular weight is 679 g/mol. The normalized spacial score (nSPS) is 12.0. The summed E-state index contributed by atoms with van der Waals surface area (Å²) in [6.07, 6.45) is 55.3. The first-order chi connectivity index (χ1) is 23.2. The molecule has 0 saturated heterocycles. The Hall–Kier alpha value is 0.177. The number of hydrogen-bond donors (Lipinski definition) is 1. The van der Waals surface area contributed by atoms with Gasteiger partial charge in [-0.25, -0.2) is 0 Å². The van der Waals surface area contributed by atoms with Crippen LogP contribution in [0.3, 0.4) is 0 Å². The van der Waals surface area contributed by atoms with Gasteiger partial charge in [-0.15, -0.1) is 0 Å². The van der Waals surface area contributed by atoms with E-state index in [1.807, 2.05) is 0 Å². The van der Waals surface area contributed by atoms with Gasteiger partial charge in [-0.1, -0.05) is 271 Å². The maximum atomic E-state index is 11.9. The third kappa shape index (κ3) is 38.8. The molecule has 47 heavy (non-hydrogen) atoms. The highest BCUT2D eigenvalue weighted by molar-refractivity contribution is 6.72. The van der Waals surface area contributed by atoms with Gasteiger partial charge in [0.2, 0.25) is 0 Å². The maximum Gasteiger partial charge on any atom is 0.188 e. The first kappa shape index (κ1) is 47.2. The Morgan fingerprint density at radius 3 is 0.489 bits per heavy atom. The average Bonchev–Trinajstić information content (AvgIpc) is 3.07. The fraction of sp³-hybridized carbons (Fsp3) is 1.00. The second kappa shape index (κ2) is 40.6. The predicted octanol–water partition coefficient (Wildman–Crippen LogP) is 17.2. The van der Waals surface area contributed by atoms with Gasteiger partial charge in [-0.05, 0) is 18.1 Å². The lowest BCUT2D eigenvalue weighted by Crippen LogP contribution is -2.34. The standard InChI is InChI=1S/C45H94OSi/c1-4-7-10-13-16-19-22-25-28-31-34-37-40-43-47(46,44-41-38-35-32-29-26-23-20-17-14-11-8-5-2)45-42-39-36-33-30-27-24-21-18-15-12-9-6-3/h46H,4-45H2,1-3H3. The molecule has 0 fully saturated rings. The monoisotopic (exact) mass is 679 g/mol. The Labute approximate surface area is 301 Å². The molecule has 0 aliphatic carbocycles. The van der Waals surface area contributed by atoms with Crippen molar-refractivity contribution in [1.82, 2.24) is 0 Å². The highest BCUT2D eigenvalue weighted by Crippen LogP contribution is 2.28. The van der Waals surface area contributed by atoms with E-state index in [0.29, 0.717) is 0 Å². The van der Waals surface area contributed by atoms with Crippen molar-refractivity contribution < 1.29 is 4.80 Å². The molecule has 0 unspecified atom stereocenters. The quantitative estimate of drug-likeness (QED) is 0.0503. The van der Waals surface area contributed by atoms with Gasteiger partial charge in [0.15, 0.2) is 8.32 Å². The van der Waals surface area contributed by atoms with Gasteiger partial charge < -0.3 is 4.80 Å². The van der Waals surface area contributed by atoms with Crippen LogP contribution in [0.4, 0.5) is 0 Å². The van der Waals surface area contributed by atoms with Crippen molar-refractivity contribution in [1.29, 1.82) is 0 Å². The summed E-state index contributed by atoms with van der Waals surface area (Å²) in [6, 6.07) is 3.59. The molecule has 0 atom stereocenters. The fourth-order valence-electron chi connectivity index (χ4n) is 7.79. The molecule has 0 heterocycles. The third-order valence-electron chi connectivity index (χ3n) is 11.2. The fourth-order valence-corrected chi connectivity index (χ4v) is 11.3. The molecule has 0 saturated carbocycles. The molecule has 0 rings (SSSR count). The summed E-state index contributed by atoms with van der Waals surface area (Å²) < 4.78 is 0. The molecule has 0 aromatic heterocycles. The van der Waals surface area contributed by atoms with Crippen LogP contribution in [-0.4, -0.2) is 13.1 Å². The molecule has 0 aliphatic heterocycles. The van der Waals surface area contributed by atoms with Crippen molar-refractivity contribution in [3.05, 3.63) is 0 Å². The van der Waals surface area contributed by atoms with E-state index >= 15 is 0 Å². The predicted molar refractivity (Wildman–Crippen MR) is 219 cm³/mol. The van der Waals surface area contributed by atoms with E-state index in [1.54, 1.807) is 0 Å². The molecule has 2 heteroatoms. The van der Waals surface area contributed by atoms with Crippen molar-refractivity contribution in [2.45, 2.75) is 289 Å². The molecular formula is C45H94OSi. The number of rotatable bonds is 42. The summed E-state index contributed by atoms with van der Waals surface area (Å²) >= 11 is 0. The van der Waals surface area contributed by atoms with E-state index in [4.69, 9.17) is 0 Å². The minimum absolute atomic E-state index is 1.20. The van der Waals surface area contributed by atoms with Crippen LogP contribution >= 0.6 is 0 Å². The summed E-state index contributed by atoms with van der Waals surface area (Å²) in [5.41, 5.74) is 0. The number of unbranched alkanes of at least 4 members (excludes halogenated alkanes) is 36. The first-order valence-electron chi connectivity index (χ1n) is 22.9. The van der Waals surface area contributed by atoms with Gasteiger partial charge in [0.05, 0.1) is 0 Å².